The monoisotopic (exact) mass is 372 g/mol. The summed E-state index contributed by atoms with van der Waals surface area (Å²) in [6.45, 7) is 3.58. The molecule has 1 fully saturated rings. The Hall–Kier alpha value is -3.00. The quantitative estimate of drug-likeness (QED) is 0.856. The van der Waals surface area contributed by atoms with Crippen LogP contribution < -0.4 is 15.3 Å². The van der Waals surface area contributed by atoms with Gasteiger partial charge in [-0.15, -0.1) is 0 Å². The summed E-state index contributed by atoms with van der Waals surface area (Å²) in [5.74, 6) is -1.73. The van der Waals surface area contributed by atoms with Gasteiger partial charge in [0.25, 0.3) is 5.95 Å². The average Bonchev–Trinajstić information content (AvgIpc) is 2.54. The van der Waals surface area contributed by atoms with Gasteiger partial charge in [0, 0.05) is 22.1 Å². The van der Waals surface area contributed by atoms with E-state index in [1.54, 1.807) is 44.2 Å². The minimum absolute atomic E-state index is 0.0165. The number of guanidine groups is 1. The highest BCUT2D eigenvalue weighted by Crippen LogP contribution is 2.24. The summed E-state index contributed by atoms with van der Waals surface area (Å²) in [4.78, 5) is 37.6. The number of aromatic nitrogens is 2. The number of halogens is 1. The molecule has 2 heterocycles. The Morgan fingerprint density at radius 1 is 1.27 bits per heavy atom. The highest BCUT2D eigenvalue weighted by atomic mass is 35.5. The number of amides is 1. The summed E-state index contributed by atoms with van der Waals surface area (Å²) in [7, 11) is 0. The number of aliphatic carboxylic acids is 1. The Morgan fingerprint density at radius 3 is 2.46 bits per heavy atom. The van der Waals surface area contributed by atoms with Gasteiger partial charge >= 0.3 is 0 Å². The second-order valence-corrected chi connectivity index (χ2v) is 6.26. The number of hydrogen-bond donors (Lipinski definition) is 1. The molecule has 1 aromatic heterocycles. The topological polar surface area (TPSA) is 111 Å². The smallest absolute Gasteiger partial charge is 0.253 e. The van der Waals surface area contributed by atoms with E-state index in [2.05, 4.69) is 20.3 Å². The van der Waals surface area contributed by atoms with Gasteiger partial charge < -0.3 is 14.8 Å². The van der Waals surface area contributed by atoms with Gasteiger partial charge in [-0.3, -0.25) is 10.1 Å². The van der Waals surface area contributed by atoms with Crippen molar-refractivity contribution in [1.82, 2.24) is 15.3 Å². The summed E-state index contributed by atoms with van der Waals surface area (Å²) in [5.41, 5.74) is 1.90. The summed E-state index contributed by atoms with van der Waals surface area (Å²) in [5, 5.41) is 14.7. The predicted octanol–water partition coefficient (Wildman–Crippen LogP) is 0.879. The van der Waals surface area contributed by atoms with Gasteiger partial charge in [0.2, 0.25) is 11.9 Å². The normalized spacial score (nSPS) is 18.7. The van der Waals surface area contributed by atoms with E-state index in [1.807, 2.05) is 0 Å². The second kappa shape index (κ2) is 7.09. The number of rotatable bonds is 3. The summed E-state index contributed by atoms with van der Waals surface area (Å²) >= 11 is 5.91. The van der Waals surface area contributed by atoms with Crippen molar-refractivity contribution in [3.8, 4) is 0 Å². The van der Waals surface area contributed by atoms with Crippen molar-refractivity contribution in [2.75, 3.05) is 4.90 Å². The molecule has 0 radical (unpaired) electrons. The van der Waals surface area contributed by atoms with E-state index < -0.39 is 17.9 Å². The van der Waals surface area contributed by atoms with Crippen LogP contribution in [0.3, 0.4) is 0 Å². The number of carbonyl (C=O) groups is 2. The second-order valence-electron chi connectivity index (χ2n) is 5.82. The Labute approximate surface area is 154 Å². The van der Waals surface area contributed by atoms with Crippen molar-refractivity contribution in [2.45, 2.75) is 26.3 Å². The standard InChI is InChI=1S/C17H16ClN5O3/c1-9-7-10(2)20-16(19-9)22-17-21-14(24)8-13(15(25)26)23(17)12-5-3-11(18)4-6-12/h3-7,13H,8H2,1-2H3,(H,25,26)(H,19,20,21,22,24)/p-1/t13-/m0/s1. The molecule has 0 bridgehead atoms. The zero-order chi connectivity index (χ0) is 18.8. The van der Waals surface area contributed by atoms with E-state index in [0.29, 0.717) is 22.1 Å². The SMILES string of the molecule is Cc1cc(C)nc(/N=C2\NC(=O)C[C@@H](C(=O)[O-])N2c2ccc(Cl)cc2)n1. The van der Waals surface area contributed by atoms with Gasteiger partial charge in [0.1, 0.15) is 0 Å². The van der Waals surface area contributed by atoms with Crippen LogP contribution in [0.25, 0.3) is 0 Å². The van der Waals surface area contributed by atoms with Gasteiger partial charge in [0.15, 0.2) is 0 Å². The molecular weight excluding hydrogens is 358 g/mol. The van der Waals surface area contributed by atoms with Crippen LogP contribution in [0, 0.1) is 13.8 Å². The van der Waals surface area contributed by atoms with Crippen molar-refractivity contribution >= 4 is 41.1 Å². The van der Waals surface area contributed by atoms with Crippen LogP contribution in [0.4, 0.5) is 11.6 Å². The third-order valence-electron chi connectivity index (χ3n) is 3.72. The molecule has 1 amide bonds. The number of hydrogen-bond acceptors (Lipinski definition) is 6. The lowest BCUT2D eigenvalue weighted by molar-refractivity contribution is -0.307. The first-order chi connectivity index (χ1) is 12.3. The molecule has 2 aromatic rings. The van der Waals surface area contributed by atoms with E-state index in [0.717, 1.165) is 0 Å². The molecule has 1 saturated heterocycles. The number of nitrogens with one attached hydrogen (secondary N) is 1. The number of aryl methyl sites for hydroxylation is 2. The first-order valence-corrected chi connectivity index (χ1v) is 8.18. The van der Waals surface area contributed by atoms with Gasteiger partial charge in [-0.1, -0.05) is 11.6 Å². The van der Waals surface area contributed by atoms with Crippen LogP contribution in [0.2, 0.25) is 5.02 Å². The lowest BCUT2D eigenvalue weighted by atomic mass is 10.1. The summed E-state index contributed by atoms with van der Waals surface area (Å²) in [6, 6.07) is 7.06. The van der Waals surface area contributed by atoms with Crippen molar-refractivity contribution in [1.29, 1.82) is 0 Å². The number of carboxylic acid groups (broad SMARTS) is 1. The number of nitrogens with zero attached hydrogens (tertiary/aromatic N) is 4. The van der Waals surface area contributed by atoms with Crippen LogP contribution in [0.15, 0.2) is 35.3 Å². The Bertz CT molecular complexity index is 878. The minimum atomic E-state index is -1.39. The molecule has 0 unspecified atom stereocenters. The molecule has 0 aliphatic carbocycles. The number of anilines is 1. The molecular formula is C17H15ClN5O3-. The molecule has 3 rings (SSSR count). The molecule has 1 atom stereocenters. The maximum Gasteiger partial charge on any atom is 0.253 e. The number of benzene rings is 1. The molecule has 1 N–H and O–H groups in total. The summed E-state index contributed by atoms with van der Waals surface area (Å²) < 4.78 is 0. The lowest BCUT2D eigenvalue weighted by Gasteiger charge is -2.38. The largest absolute Gasteiger partial charge is 0.548 e. The molecule has 1 aliphatic rings. The fourth-order valence-corrected chi connectivity index (χ4v) is 2.80. The molecule has 8 nitrogen and oxygen atoms in total. The first kappa shape index (κ1) is 17.8. The average molecular weight is 373 g/mol. The predicted molar refractivity (Wildman–Crippen MR) is 94.1 cm³/mol. The van der Waals surface area contributed by atoms with Crippen molar-refractivity contribution in [3.63, 3.8) is 0 Å². The van der Waals surface area contributed by atoms with Crippen LogP contribution in [-0.4, -0.2) is 33.8 Å². The Kier molecular flexibility index (Phi) is 4.85. The van der Waals surface area contributed by atoms with E-state index in [9.17, 15) is 14.7 Å². The molecule has 9 heteroatoms. The molecule has 134 valence electrons. The first-order valence-electron chi connectivity index (χ1n) is 7.80. The zero-order valence-electron chi connectivity index (χ0n) is 14.1. The van der Waals surface area contributed by atoms with Gasteiger partial charge in [0.05, 0.1) is 18.4 Å². The van der Waals surface area contributed by atoms with E-state index >= 15 is 0 Å². The van der Waals surface area contributed by atoms with Crippen LogP contribution >= 0.6 is 11.6 Å². The van der Waals surface area contributed by atoms with E-state index in [1.165, 1.54) is 4.90 Å². The van der Waals surface area contributed by atoms with Crippen LogP contribution in [0.1, 0.15) is 17.8 Å². The molecule has 26 heavy (non-hydrogen) atoms. The third kappa shape index (κ3) is 3.80. The van der Waals surface area contributed by atoms with Gasteiger partial charge in [-0.25, -0.2) is 9.97 Å². The zero-order valence-corrected chi connectivity index (χ0v) is 14.8. The summed E-state index contributed by atoms with van der Waals surface area (Å²) in [6.07, 6.45) is -0.266. The number of carbonyl (C=O) groups excluding carboxylic acids is 2. The van der Waals surface area contributed by atoms with E-state index in [-0.39, 0.29) is 18.3 Å². The molecule has 0 saturated carbocycles. The van der Waals surface area contributed by atoms with E-state index in [4.69, 9.17) is 11.6 Å². The van der Waals surface area contributed by atoms with Crippen molar-refractivity contribution < 1.29 is 14.7 Å². The lowest BCUT2D eigenvalue weighted by Crippen LogP contribution is -2.61. The van der Waals surface area contributed by atoms with Crippen molar-refractivity contribution in [3.05, 3.63) is 46.7 Å². The fraction of sp³-hybridized carbons (Fsp3) is 0.235. The Morgan fingerprint density at radius 2 is 1.88 bits per heavy atom. The van der Waals surface area contributed by atoms with Crippen LogP contribution in [0.5, 0.6) is 0 Å². The fourth-order valence-electron chi connectivity index (χ4n) is 2.68. The third-order valence-corrected chi connectivity index (χ3v) is 3.98. The van der Waals surface area contributed by atoms with Crippen LogP contribution in [-0.2, 0) is 9.59 Å². The maximum atomic E-state index is 12.0. The number of carboxylic acids is 1. The highest BCUT2D eigenvalue weighted by molar-refractivity contribution is 6.30. The highest BCUT2D eigenvalue weighted by Gasteiger charge is 2.33. The van der Waals surface area contributed by atoms with Gasteiger partial charge in [-0.2, -0.15) is 4.99 Å². The van der Waals surface area contributed by atoms with Crippen molar-refractivity contribution in [2.24, 2.45) is 4.99 Å². The van der Waals surface area contributed by atoms with Gasteiger partial charge in [-0.05, 0) is 44.2 Å². The molecule has 0 spiro atoms. The maximum absolute atomic E-state index is 12.0. The molecule has 1 aromatic carbocycles. The Balaban J connectivity index is 2.11. The molecule has 1 aliphatic heterocycles. The minimum Gasteiger partial charge on any atom is -0.548 e. The number of aliphatic imine (C=N–C) groups is 1.